The van der Waals surface area contributed by atoms with Gasteiger partial charge in [0, 0.05) is 5.56 Å². The molecule has 0 aliphatic carbocycles. The fourth-order valence-electron chi connectivity index (χ4n) is 1.97. The van der Waals surface area contributed by atoms with E-state index in [4.69, 9.17) is 4.74 Å². The summed E-state index contributed by atoms with van der Waals surface area (Å²) < 4.78 is 57.7. The number of benzene rings is 2. The number of ether oxygens (including phenoxy) is 1. The standard InChI is InChI=1S/C16H14F4O/c1-10-3-5-12(6-4-10)21-9-13-11(2)15(17)8-7-14(13)16(18,19)20/h3-8H,9H2,1-2H3. The molecule has 2 rings (SSSR count). The van der Waals surface area contributed by atoms with Gasteiger partial charge in [0.2, 0.25) is 0 Å². The number of alkyl halides is 3. The van der Waals surface area contributed by atoms with Gasteiger partial charge in [-0.1, -0.05) is 17.7 Å². The third-order valence-electron chi connectivity index (χ3n) is 3.24. The molecule has 0 saturated carbocycles. The molecule has 0 bridgehead atoms. The van der Waals surface area contributed by atoms with Crippen LogP contribution in [0.4, 0.5) is 17.6 Å². The van der Waals surface area contributed by atoms with Crippen molar-refractivity contribution in [1.29, 1.82) is 0 Å². The lowest BCUT2D eigenvalue weighted by molar-refractivity contribution is -0.138. The van der Waals surface area contributed by atoms with Crippen molar-refractivity contribution in [2.24, 2.45) is 0 Å². The van der Waals surface area contributed by atoms with Gasteiger partial charge < -0.3 is 4.74 Å². The van der Waals surface area contributed by atoms with Crippen LogP contribution in [0.25, 0.3) is 0 Å². The van der Waals surface area contributed by atoms with Crippen molar-refractivity contribution in [2.45, 2.75) is 26.6 Å². The van der Waals surface area contributed by atoms with Crippen LogP contribution in [0.5, 0.6) is 5.75 Å². The van der Waals surface area contributed by atoms with Gasteiger partial charge in [-0.2, -0.15) is 13.2 Å². The molecule has 0 heterocycles. The maximum atomic E-state index is 13.5. The van der Waals surface area contributed by atoms with Crippen molar-refractivity contribution < 1.29 is 22.3 Å². The van der Waals surface area contributed by atoms with Gasteiger partial charge in [0.15, 0.2) is 0 Å². The Morgan fingerprint density at radius 1 is 0.952 bits per heavy atom. The van der Waals surface area contributed by atoms with Gasteiger partial charge >= 0.3 is 6.18 Å². The number of aryl methyl sites for hydroxylation is 1. The average molecular weight is 298 g/mol. The van der Waals surface area contributed by atoms with Crippen LogP contribution in [0.15, 0.2) is 36.4 Å². The van der Waals surface area contributed by atoms with E-state index in [1.807, 2.05) is 6.92 Å². The number of rotatable bonds is 3. The second kappa shape index (κ2) is 5.76. The molecule has 21 heavy (non-hydrogen) atoms. The van der Waals surface area contributed by atoms with Crippen molar-refractivity contribution in [3.63, 3.8) is 0 Å². The van der Waals surface area contributed by atoms with Crippen LogP contribution in [-0.4, -0.2) is 0 Å². The Morgan fingerprint density at radius 2 is 1.57 bits per heavy atom. The van der Waals surface area contributed by atoms with Gasteiger partial charge in [-0.3, -0.25) is 0 Å². The van der Waals surface area contributed by atoms with E-state index in [0.29, 0.717) is 5.75 Å². The molecule has 0 aliphatic rings. The maximum Gasteiger partial charge on any atom is 0.416 e. The third-order valence-corrected chi connectivity index (χ3v) is 3.24. The average Bonchev–Trinajstić information content (AvgIpc) is 2.41. The zero-order valence-electron chi connectivity index (χ0n) is 11.6. The third kappa shape index (κ3) is 3.54. The molecule has 0 spiro atoms. The molecule has 0 aliphatic heterocycles. The summed E-state index contributed by atoms with van der Waals surface area (Å²) in [5, 5.41) is 0. The van der Waals surface area contributed by atoms with E-state index >= 15 is 0 Å². The van der Waals surface area contributed by atoms with Crippen molar-refractivity contribution in [3.05, 3.63) is 64.5 Å². The van der Waals surface area contributed by atoms with Crippen LogP contribution in [0.1, 0.15) is 22.3 Å². The molecule has 0 fully saturated rings. The summed E-state index contributed by atoms with van der Waals surface area (Å²) in [4.78, 5) is 0. The molecular weight excluding hydrogens is 284 g/mol. The quantitative estimate of drug-likeness (QED) is 0.721. The molecular formula is C16H14F4O. The molecule has 0 amide bonds. The van der Waals surface area contributed by atoms with E-state index in [9.17, 15) is 17.6 Å². The Kier molecular flexibility index (Phi) is 4.21. The van der Waals surface area contributed by atoms with Gasteiger partial charge in [-0.05, 0) is 43.7 Å². The minimum absolute atomic E-state index is 0.0445. The van der Waals surface area contributed by atoms with E-state index in [1.54, 1.807) is 24.3 Å². The van der Waals surface area contributed by atoms with E-state index in [2.05, 4.69) is 0 Å². The summed E-state index contributed by atoms with van der Waals surface area (Å²) in [5.74, 6) is -0.233. The minimum Gasteiger partial charge on any atom is -0.489 e. The van der Waals surface area contributed by atoms with Crippen LogP contribution in [-0.2, 0) is 12.8 Å². The molecule has 0 aromatic heterocycles. The monoisotopic (exact) mass is 298 g/mol. The first-order valence-electron chi connectivity index (χ1n) is 6.33. The zero-order valence-corrected chi connectivity index (χ0v) is 11.6. The van der Waals surface area contributed by atoms with E-state index < -0.39 is 17.6 Å². The van der Waals surface area contributed by atoms with Gasteiger partial charge in [-0.15, -0.1) is 0 Å². The lowest BCUT2D eigenvalue weighted by Crippen LogP contribution is -2.13. The Bertz CT molecular complexity index is 630. The minimum atomic E-state index is -4.54. The lowest BCUT2D eigenvalue weighted by Gasteiger charge is -2.16. The van der Waals surface area contributed by atoms with Crippen LogP contribution in [0, 0.1) is 19.7 Å². The highest BCUT2D eigenvalue weighted by molar-refractivity contribution is 5.37. The number of hydrogen-bond donors (Lipinski definition) is 0. The molecule has 2 aromatic carbocycles. The molecule has 1 nitrogen and oxygen atoms in total. The van der Waals surface area contributed by atoms with E-state index in [-0.39, 0.29) is 17.7 Å². The molecule has 112 valence electrons. The fourth-order valence-corrected chi connectivity index (χ4v) is 1.97. The first kappa shape index (κ1) is 15.4. The van der Waals surface area contributed by atoms with Gasteiger partial charge in [0.1, 0.15) is 18.2 Å². The highest BCUT2D eigenvalue weighted by atomic mass is 19.4. The van der Waals surface area contributed by atoms with Crippen LogP contribution < -0.4 is 4.74 Å². The van der Waals surface area contributed by atoms with E-state index in [1.165, 1.54) is 6.92 Å². The van der Waals surface area contributed by atoms with Crippen LogP contribution in [0.3, 0.4) is 0 Å². The number of halogens is 4. The Labute approximate surface area is 120 Å². The maximum absolute atomic E-state index is 13.5. The van der Waals surface area contributed by atoms with Gasteiger partial charge in [0.25, 0.3) is 0 Å². The van der Waals surface area contributed by atoms with Crippen molar-refractivity contribution in [3.8, 4) is 5.75 Å². The largest absolute Gasteiger partial charge is 0.489 e. The Hall–Kier alpha value is -2.04. The SMILES string of the molecule is Cc1ccc(OCc2c(C(F)(F)F)ccc(F)c2C)cc1. The smallest absolute Gasteiger partial charge is 0.416 e. The van der Waals surface area contributed by atoms with Gasteiger partial charge in [-0.25, -0.2) is 4.39 Å². The molecule has 0 unspecified atom stereocenters. The molecule has 0 saturated heterocycles. The molecule has 5 heteroatoms. The Balaban J connectivity index is 2.30. The highest BCUT2D eigenvalue weighted by Crippen LogP contribution is 2.34. The van der Waals surface area contributed by atoms with Crippen molar-refractivity contribution in [1.82, 2.24) is 0 Å². The first-order valence-corrected chi connectivity index (χ1v) is 6.33. The summed E-state index contributed by atoms with van der Waals surface area (Å²) in [7, 11) is 0. The molecule has 0 N–H and O–H groups in total. The summed E-state index contributed by atoms with van der Waals surface area (Å²) in [6.07, 6.45) is -4.54. The summed E-state index contributed by atoms with van der Waals surface area (Å²) in [5.41, 5.74) is -0.0752. The Morgan fingerprint density at radius 3 is 2.14 bits per heavy atom. The summed E-state index contributed by atoms with van der Waals surface area (Å²) in [6, 6.07) is 8.48. The predicted molar refractivity (Wildman–Crippen MR) is 71.7 cm³/mol. The fraction of sp³-hybridized carbons (Fsp3) is 0.250. The zero-order chi connectivity index (χ0) is 15.6. The van der Waals surface area contributed by atoms with Crippen molar-refractivity contribution >= 4 is 0 Å². The van der Waals surface area contributed by atoms with Crippen LogP contribution in [0.2, 0.25) is 0 Å². The molecule has 2 aromatic rings. The molecule has 0 radical (unpaired) electrons. The lowest BCUT2D eigenvalue weighted by atomic mass is 10.0. The second-order valence-corrected chi connectivity index (χ2v) is 4.80. The molecule has 0 atom stereocenters. The second-order valence-electron chi connectivity index (χ2n) is 4.80. The highest BCUT2D eigenvalue weighted by Gasteiger charge is 2.34. The topological polar surface area (TPSA) is 9.23 Å². The normalized spacial score (nSPS) is 11.5. The van der Waals surface area contributed by atoms with Gasteiger partial charge in [0.05, 0.1) is 5.56 Å². The predicted octanol–water partition coefficient (Wildman–Crippen LogP) is 5.04. The summed E-state index contributed by atoms with van der Waals surface area (Å²) in [6.45, 7) is 2.88. The number of hydrogen-bond acceptors (Lipinski definition) is 1. The van der Waals surface area contributed by atoms with Crippen molar-refractivity contribution in [2.75, 3.05) is 0 Å². The summed E-state index contributed by atoms with van der Waals surface area (Å²) >= 11 is 0. The van der Waals surface area contributed by atoms with E-state index in [0.717, 1.165) is 17.7 Å². The van der Waals surface area contributed by atoms with Crippen LogP contribution >= 0.6 is 0 Å². The first-order chi connectivity index (χ1) is 9.79.